The molecule has 0 bridgehead atoms. The maximum atomic E-state index is 12.4. The first-order chi connectivity index (χ1) is 10.1. The smallest absolute Gasteiger partial charge is 0.330 e. The van der Waals surface area contributed by atoms with E-state index < -0.39 is 5.54 Å². The maximum Gasteiger partial charge on any atom is 0.330 e. The molecule has 0 saturated heterocycles. The topological polar surface area (TPSA) is 38.3 Å². The third-order valence-electron chi connectivity index (χ3n) is 3.55. The van der Waals surface area contributed by atoms with Crippen LogP contribution in [0.25, 0.3) is 0 Å². The average molecular weight is 368 g/mol. The third kappa shape index (κ3) is 3.54. The van der Waals surface area contributed by atoms with Gasteiger partial charge in [-0.25, -0.2) is 4.79 Å². The highest BCUT2D eigenvalue weighted by Gasteiger charge is 2.39. The van der Waals surface area contributed by atoms with E-state index in [1.54, 1.807) is 11.3 Å². The monoisotopic (exact) mass is 367 g/mol. The molecule has 0 amide bonds. The Balaban J connectivity index is 2.32. The number of rotatable bonds is 6. The van der Waals surface area contributed by atoms with Crippen LogP contribution in [0.2, 0.25) is 0 Å². The van der Waals surface area contributed by atoms with Gasteiger partial charge in [0.25, 0.3) is 0 Å². The second-order valence-electron chi connectivity index (χ2n) is 4.69. The lowest BCUT2D eigenvalue weighted by atomic mass is 9.87. The van der Waals surface area contributed by atoms with E-state index in [0.29, 0.717) is 13.0 Å². The van der Waals surface area contributed by atoms with Gasteiger partial charge in [-0.05, 0) is 35.6 Å². The number of hydrogen-bond acceptors (Lipinski definition) is 4. The lowest BCUT2D eigenvalue weighted by Gasteiger charge is -2.31. The van der Waals surface area contributed by atoms with E-state index in [9.17, 15) is 4.79 Å². The minimum Gasteiger partial charge on any atom is -0.467 e. The van der Waals surface area contributed by atoms with E-state index >= 15 is 0 Å². The number of ether oxygens (including phenoxy) is 1. The van der Waals surface area contributed by atoms with Crippen molar-refractivity contribution >= 4 is 33.2 Å². The molecule has 112 valence electrons. The van der Waals surface area contributed by atoms with Crippen LogP contribution in [0.5, 0.6) is 0 Å². The highest BCUT2D eigenvalue weighted by molar-refractivity contribution is 9.10. The van der Waals surface area contributed by atoms with Gasteiger partial charge in [0, 0.05) is 15.9 Å². The van der Waals surface area contributed by atoms with E-state index in [-0.39, 0.29) is 5.97 Å². The summed E-state index contributed by atoms with van der Waals surface area (Å²) in [4.78, 5) is 13.6. The number of carbonyl (C=O) groups excluding carboxylic acids is 1. The Morgan fingerprint density at radius 3 is 2.57 bits per heavy atom. The van der Waals surface area contributed by atoms with Crippen LogP contribution in [0.15, 0.2) is 46.3 Å². The van der Waals surface area contributed by atoms with Crippen molar-refractivity contribution in [3.05, 3.63) is 56.7 Å². The Bertz CT molecular complexity index is 583. The van der Waals surface area contributed by atoms with Crippen LogP contribution in [0.1, 0.15) is 23.8 Å². The van der Waals surface area contributed by atoms with Crippen molar-refractivity contribution in [1.82, 2.24) is 5.32 Å². The molecular formula is C16H18BrNO2S. The average Bonchev–Trinajstić information content (AvgIpc) is 3.02. The van der Waals surface area contributed by atoms with Crippen molar-refractivity contribution in [1.29, 1.82) is 0 Å². The number of methoxy groups -OCH3 is 1. The minimum absolute atomic E-state index is 0.260. The number of thiophene rings is 1. The first kappa shape index (κ1) is 16.2. The zero-order valence-electron chi connectivity index (χ0n) is 12.1. The summed E-state index contributed by atoms with van der Waals surface area (Å²) in [6.45, 7) is 2.62. The van der Waals surface area contributed by atoms with Gasteiger partial charge in [-0.3, -0.25) is 5.32 Å². The van der Waals surface area contributed by atoms with E-state index in [2.05, 4.69) is 27.3 Å². The normalized spacial score (nSPS) is 13.7. The number of esters is 1. The molecule has 2 rings (SSSR count). The molecule has 1 aromatic heterocycles. The molecule has 0 aliphatic carbocycles. The van der Waals surface area contributed by atoms with Crippen molar-refractivity contribution in [2.45, 2.75) is 25.4 Å². The van der Waals surface area contributed by atoms with Crippen LogP contribution in [0.3, 0.4) is 0 Å². The molecule has 0 aliphatic heterocycles. The van der Waals surface area contributed by atoms with Gasteiger partial charge in [0.1, 0.15) is 5.54 Å². The van der Waals surface area contributed by atoms with Crippen LogP contribution in [-0.4, -0.2) is 13.1 Å². The van der Waals surface area contributed by atoms with Crippen LogP contribution >= 0.6 is 27.3 Å². The van der Waals surface area contributed by atoms with Gasteiger partial charge in [-0.15, -0.1) is 11.3 Å². The minimum atomic E-state index is -0.820. The zero-order valence-corrected chi connectivity index (χ0v) is 14.5. The van der Waals surface area contributed by atoms with Crippen molar-refractivity contribution in [2.24, 2.45) is 0 Å². The van der Waals surface area contributed by atoms with E-state index in [0.717, 1.165) is 10.0 Å². The molecule has 0 saturated carbocycles. The Morgan fingerprint density at radius 1 is 1.33 bits per heavy atom. The summed E-state index contributed by atoms with van der Waals surface area (Å²) in [6, 6.07) is 11.8. The molecule has 1 N–H and O–H groups in total. The van der Waals surface area contributed by atoms with Gasteiger partial charge < -0.3 is 4.74 Å². The molecule has 0 aliphatic rings. The number of carbonyl (C=O) groups is 1. The third-order valence-corrected chi connectivity index (χ3v) is 4.95. The second-order valence-corrected chi connectivity index (χ2v) is 6.64. The summed E-state index contributed by atoms with van der Waals surface area (Å²) in [5.41, 5.74) is 0.0935. The summed E-state index contributed by atoms with van der Waals surface area (Å²) < 4.78 is 6.04. The van der Waals surface area contributed by atoms with Crippen LogP contribution < -0.4 is 5.32 Å². The predicted molar refractivity (Wildman–Crippen MR) is 89.3 cm³/mol. The summed E-state index contributed by atoms with van der Waals surface area (Å²) in [5, 5.41) is 5.42. The molecule has 2 aromatic rings. The van der Waals surface area contributed by atoms with Gasteiger partial charge in [0.05, 0.1) is 7.11 Å². The molecule has 1 unspecified atom stereocenters. The second kappa shape index (κ2) is 7.20. The maximum absolute atomic E-state index is 12.4. The Morgan fingerprint density at radius 2 is 2.05 bits per heavy atom. The molecule has 1 atom stereocenters. The lowest BCUT2D eigenvalue weighted by Crippen LogP contribution is -2.49. The highest BCUT2D eigenvalue weighted by Crippen LogP contribution is 2.29. The van der Waals surface area contributed by atoms with Crippen molar-refractivity contribution in [3.8, 4) is 0 Å². The van der Waals surface area contributed by atoms with Crippen LogP contribution in [0.4, 0.5) is 0 Å². The van der Waals surface area contributed by atoms with Gasteiger partial charge >= 0.3 is 5.97 Å². The fraction of sp³-hybridized carbons (Fsp3) is 0.312. The highest BCUT2D eigenvalue weighted by atomic mass is 79.9. The summed E-state index contributed by atoms with van der Waals surface area (Å²) in [7, 11) is 1.43. The molecule has 0 spiro atoms. The number of benzene rings is 1. The van der Waals surface area contributed by atoms with Gasteiger partial charge in [0.2, 0.25) is 0 Å². The van der Waals surface area contributed by atoms with Crippen LogP contribution in [-0.2, 0) is 21.6 Å². The van der Waals surface area contributed by atoms with E-state index in [1.165, 1.54) is 12.0 Å². The SMILES string of the molecule is CCC(NCc1cccs1)(C(=O)OC)c1ccc(Br)cc1. The van der Waals surface area contributed by atoms with Gasteiger partial charge in [-0.1, -0.05) is 41.1 Å². The molecule has 1 heterocycles. The van der Waals surface area contributed by atoms with E-state index in [4.69, 9.17) is 4.74 Å². The molecule has 5 heteroatoms. The van der Waals surface area contributed by atoms with Gasteiger partial charge in [0.15, 0.2) is 0 Å². The fourth-order valence-corrected chi connectivity index (χ4v) is 3.23. The first-order valence-electron chi connectivity index (χ1n) is 6.74. The molecule has 0 radical (unpaired) electrons. The van der Waals surface area contributed by atoms with Gasteiger partial charge in [-0.2, -0.15) is 0 Å². The largest absolute Gasteiger partial charge is 0.467 e. The molecule has 3 nitrogen and oxygen atoms in total. The zero-order chi connectivity index (χ0) is 15.3. The predicted octanol–water partition coefficient (Wildman–Crippen LogP) is 4.08. The lowest BCUT2D eigenvalue weighted by molar-refractivity contribution is -0.149. The Labute approximate surface area is 137 Å². The van der Waals surface area contributed by atoms with E-state index in [1.807, 2.05) is 42.6 Å². The first-order valence-corrected chi connectivity index (χ1v) is 8.41. The fourth-order valence-electron chi connectivity index (χ4n) is 2.33. The number of hydrogen-bond donors (Lipinski definition) is 1. The summed E-state index contributed by atoms with van der Waals surface area (Å²) in [5.74, 6) is -0.260. The Hall–Kier alpha value is -1.17. The molecular weight excluding hydrogens is 350 g/mol. The van der Waals surface area contributed by atoms with Crippen LogP contribution in [0, 0.1) is 0 Å². The molecule has 1 aromatic carbocycles. The number of halogens is 1. The van der Waals surface area contributed by atoms with Crippen molar-refractivity contribution in [2.75, 3.05) is 7.11 Å². The standard InChI is InChI=1S/C16H18BrNO2S/c1-3-16(15(19)20-2,12-6-8-13(17)9-7-12)18-11-14-5-4-10-21-14/h4-10,18H,3,11H2,1-2H3. The van der Waals surface area contributed by atoms with Crippen molar-refractivity contribution < 1.29 is 9.53 Å². The quantitative estimate of drug-likeness (QED) is 0.781. The summed E-state index contributed by atoms with van der Waals surface area (Å²) in [6.07, 6.45) is 0.618. The summed E-state index contributed by atoms with van der Waals surface area (Å²) >= 11 is 5.09. The molecule has 21 heavy (non-hydrogen) atoms. The Kier molecular flexibility index (Phi) is 5.56. The molecule has 0 fully saturated rings. The number of nitrogens with one attached hydrogen (secondary N) is 1. The van der Waals surface area contributed by atoms with Crippen molar-refractivity contribution in [3.63, 3.8) is 0 Å².